The molecule has 2 atom stereocenters. The van der Waals surface area contributed by atoms with Gasteiger partial charge in [-0.1, -0.05) is 55.3 Å². The van der Waals surface area contributed by atoms with E-state index in [9.17, 15) is 4.79 Å². The van der Waals surface area contributed by atoms with E-state index in [1.165, 1.54) is 0 Å². The number of carbonyl (C=O) groups is 1. The van der Waals surface area contributed by atoms with Gasteiger partial charge in [0.05, 0.1) is 5.69 Å². The maximum absolute atomic E-state index is 12.5. The molecule has 0 aliphatic heterocycles. The van der Waals surface area contributed by atoms with Crippen molar-refractivity contribution in [1.82, 2.24) is 0 Å². The summed E-state index contributed by atoms with van der Waals surface area (Å²) in [6, 6.07) is 3.94. The molecular weight excluding hydrogens is 329 g/mol. The van der Waals surface area contributed by atoms with Crippen LogP contribution in [-0.4, -0.2) is 11.4 Å². The molecule has 2 unspecified atom stereocenters. The van der Waals surface area contributed by atoms with Gasteiger partial charge in [-0.05, 0) is 55.2 Å². The van der Waals surface area contributed by atoms with Gasteiger partial charge in [-0.3, -0.25) is 9.69 Å². The van der Waals surface area contributed by atoms with Crippen LogP contribution in [0, 0.1) is 5.92 Å². The van der Waals surface area contributed by atoms with Gasteiger partial charge in [0, 0.05) is 11.9 Å². The molecule has 1 aromatic rings. The lowest BCUT2D eigenvalue weighted by Crippen LogP contribution is -2.41. The van der Waals surface area contributed by atoms with Crippen molar-refractivity contribution in [3.63, 3.8) is 0 Å². The largest absolute Gasteiger partial charge is 0.295 e. The van der Waals surface area contributed by atoms with E-state index < -0.39 is 0 Å². The number of hydrogen-bond acceptors (Lipinski definition) is 1. The van der Waals surface area contributed by atoms with Crippen molar-refractivity contribution in [2.75, 3.05) is 4.90 Å². The number of nitrogens with zero attached hydrogens (tertiary/aromatic N) is 1. The zero-order valence-corrected chi connectivity index (χ0v) is 15.6. The van der Waals surface area contributed by atoms with Gasteiger partial charge in [0.2, 0.25) is 5.91 Å². The van der Waals surface area contributed by atoms with Crippen molar-refractivity contribution < 1.29 is 4.79 Å². The molecule has 1 aliphatic rings. The second-order valence-corrected chi connectivity index (χ2v) is 6.90. The molecule has 0 aromatic heterocycles. The Morgan fingerprint density at radius 1 is 1.30 bits per heavy atom. The first-order valence-electron chi connectivity index (χ1n) is 8.40. The molecule has 4 heteroatoms. The molecule has 0 saturated carbocycles. The van der Waals surface area contributed by atoms with E-state index in [1.54, 1.807) is 11.8 Å². The van der Waals surface area contributed by atoms with E-state index in [0.29, 0.717) is 5.02 Å². The zero-order chi connectivity index (χ0) is 17.0. The third-order valence-electron chi connectivity index (χ3n) is 4.57. The minimum Gasteiger partial charge on any atom is -0.295 e. The molecule has 0 spiro atoms. The summed E-state index contributed by atoms with van der Waals surface area (Å²) in [4.78, 5) is 14.2. The summed E-state index contributed by atoms with van der Waals surface area (Å²) >= 11 is 13.2. The molecular formula is C19H25Cl2NO. The number of anilines is 1. The summed E-state index contributed by atoms with van der Waals surface area (Å²) in [6.45, 7) is 5.75. The maximum atomic E-state index is 12.5. The first-order valence-corrected chi connectivity index (χ1v) is 9.21. The second-order valence-electron chi connectivity index (χ2n) is 6.05. The molecule has 0 radical (unpaired) electrons. The lowest BCUT2D eigenvalue weighted by molar-refractivity contribution is -0.116. The molecule has 2 rings (SSSR count). The second kappa shape index (κ2) is 8.21. The Morgan fingerprint density at radius 3 is 2.57 bits per heavy atom. The van der Waals surface area contributed by atoms with Crippen molar-refractivity contribution in [1.29, 1.82) is 0 Å². The predicted octanol–water partition coefficient (Wildman–Crippen LogP) is 5.74. The first-order chi connectivity index (χ1) is 11.0. The van der Waals surface area contributed by atoms with Crippen LogP contribution in [0.2, 0.25) is 5.02 Å². The van der Waals surface area contributed by atoms with Crippen LogP contribution in [0.5, 0.6) is 0 Å². The van der Waals surface area contributed by atoms with Crippen LogP contribution in [0.15, 0.2) is 24.3 Å². The average Bonchev–Trinajstić information content (AvgIpc) is 2.56. The Labute approximate surface area is 149 Å². The van der Waals surface area contributed by atoms with Crippen LogP contribution in [0.3, 0.4) is 0 Å². The highest BCUT2D eigenvalue weighted by Crippen LogP contribution is 2.38. The third kappa shape index (κ3) is 3.92. The van der Waals surface area contributed by atoms with Gasteiger partial charge in [-0.2, -0.15) is 0 Å². The minimum atomic E-state index is -0.341. The number of hydrogen-bond donors (Lipinski definition) is 0. The standard InChI is InChI=1S/C19H25Cl2NO/c1-4-14-11-12-17(20)16(5-2)18(14)22(13(3)23)19(21)15-9-7-6-8-10-15/h6-7,11-12,15,19H,4-5,8-10H2,1-3H3. The van der Waals surface area contributed by atoms with E-state index in [2.05, 4.69) is 26.0 Å². The summed E-state index contributed by atoms with van der Waals surface area (Å²) in [6.07, 6.45) is 8.93. The number of aryl methyl sites for hydroxylation is 1. The highest BCUT2D eigenvalue weighted by Gasteiger charge is 2.31. The lowest BCUT2D eigenvalue weighted by Gasteiger charge is -2.35. The van der Waals surface area contributed by atoms with Gasteiger partial charge < -0.3 is 0 Å². The molecule has 1 amide bonds. The SMILES string of the molecule is CCc1ccc(Cl)c(CC)c1N(C(C)=O)C(Cl)C1CC=CCC1. The molecule has 0 N–H and O–H groups in total. The van der Waals surface area contributed by atoms with E-state index in [1.807, 2.05) is 12.1 Å². The minimum absolute atomic E-state index is 0.0220. The Hall–Kier alpha value is -0.990. The van der Waals surface area contributed by atoms with Crippen molar-refractivity contribution in [3.05, 3.63) is 40.4 Å². The molecule has 2 nitrogen and oxygen atoms in total. The monoisotopic (exact) mass is 353 g/mol. The summed E-state index contributed by atoms with van der Waals surface area (Å²) in [5.74, 6) is 0.255. The van der Waals surface area contributed by atoms with E-state index in [-0.39, 0.29) is 17.3 Å². The normalized spacial score (nSPS) is 18.7. The van der Waals surface area contributed by atoms with Crippen molar-refractivity contribution in [2.24, 2.45) is 5.92 Å². The lowest BCUT2D eigenvalue weighted by atomic mass is 9.92. The predicted molar refractivity (Wildman–Crippen MR) is 99.5 cm³/mol. The topological polar surface area (TPSA) is 20.3 Å². The Morgan fingerprint density at radius 2 is 2.04 bits per heavy atom. The quantitative estimate of drug-likeness (QED) is 0.375. The number of amides is 1. The molecule has 0 heterocycles. The van der Waals surface area contributed by atoms with Crippen LogP contribution in [0.1, 0.15) is 51.2 Å². The van der Waals surface area contributed by atoms with Gasteiger partial charge in [0.15, 0.2) is 0 Å². The van der Waals surface area contributed by atoms with Gasteiger partial charge in [0.1, 0.15) is 5.50 Å². The van der Waals surface area contributed by atoms with Crippen LogP contribution < -0.4 is 4.90 Å². The number of rotatable bonds is 5. The fourth-order valence-electron chi connectivity index (χ4n) is 3.31. The summed E-state index contributed by atoms with van der Waals surface area (Å²) < 4.78 is 0. The molecule has 126 valence electrons. The fraction of sp³-hybridized carbons (Fsp3) is 0.526. The molecule has 0 fully saturated rings. The van der Waals surface area contributed by atoms with Gasteiger partial charge in [0.25, 0.3) is 0 Å². The van der Waals surface area contributed by atoms with Gasteiger partial charge in [-0.25, -0.2) is 0 Å². The summed E-state index contributed by atoms with van der Waals surface area (Å²) in [5.41, 5.74) is 2.72. The third-order valence-corrected chi connectivity index (χ3v) is 5.47. The molecule has 1 aliphatic carbocycles. The average molecular weight is 354 g/mol. The molecule has 23 heavy (non-hydrogen) atoms. The highest BCUT2D eigenvalue weighted by molar-refractivity contribution is 6.32. The van der Waals surface area contributed by atoms with Gasteiger partial charge >= 0.3 is 0 Å². The van der Waals surface area contributed by atoms with E-state index in [0.717, 1.165) is 48.9 Å². The highest BCUT2D eigenvalue weighted by atomic mass is 35.5. The number of halogens is 2. The van der Waals surface area contributed by atoms with Gasteiger partial charge in [-0.15, -0.1) is 0 Å². The fourth-order valence-corrected chi connectivity index (χ4v) is 4.06. The maximum Gasteiger partial charge on any atom is 0.225 e. The van der Waals surface area contributed by atoms with E-state index in [4.69, 9.17) is 23.2 Å². The van der Waals surface area contributed by atoms with Crippen molar-refractivity contribution in [2.45, 2.75) is 58.4 Å². The van der Waals surface area contributed by atoms with Crippen LogP contribution in [-0.2, 0) is 17.6 Å². The van der Waals surface area contributed by atoms with Crippen molar-refractivity contribution in [3.8, 4) is 0 Å². The van der Waals surface area contributed by atoms with Crippen LogP contribution in [0.25, 0.3) is 0 Å². The van der Waals surface area contributed by atoms with Crippen LogP contribution >= 0.6 is 23.2 Å². The Bertz CT molecular complexity index is 597. The molecule has 1 aromatic carbocycles. The van der Waals surface area contributed by atoms with Crippen molar-refractivity contribution >= 4 is 34.8 Å². The first kappa shape index (κ1) is 18.4. The number of allylic oxidation sites excluding steroid dienone is 2. The molecule has 0 saturated heterocycles. The van der Waals surface area contributed by atoms with Crippen LogP contribution in [0.4, 0.5) is 5.69 Å². The Balaban J connectivity index is 2.51. The summed E-state index contributed by atoms with van der Waals surface area (Å²) in [7, 11) is 0. The number of carbonyl (C=O) groups excluding carboxylic acids is 1. The number of benzene rings is 1. The zero-order valence-electron chi connectivity index (χ0n) is 14.1. The summed E-state index contributed by atoms with van der Waals surface area (Å²) in [5, 5.41) is 0.707. The number of alkyl halides is 1. The van der Waals surface area contributed by atoms with E-state index >= 15 is 0 Å². The Kier molecular flexibility index (Phi) is 6.55. The molecule has 0 bridgehead atoms. The smallest absolute Gasteiger partial charge is 0.225 e.